The number of sulfonamides is 1. The molecule has 0 spiro atoms. The van der Waals surface area contributed by atoms with E-state index in [4.69, 9.17) is 9.47 Å². The molecule has 2 aliphatic heterocycles. The Bertz CT molecular complexity index is 1820. The van der Waals surface area contributed by atoms with E-state index >= 15 is 0 Å². The molecule has 3 fully saturated rings. The van der Waals surface area contributed by atoms with Gasteiger partial charge in [0.15, 0.2) is 5.78 Å². The van der Waals surface area contributed by atoms with Crippen molar-refractivity contribution in [1.29, 1.82) is 0 Å². The van der Waals surface area contributed by atoms with Crippen LogP contribution in [0, 0.1) is 22.7 Å². The number of hydrogen-bond donors (Lipinski definition) is 2. The molecule has 2 aliphatic carbocycles. The van der Waals surface area contributed by atoms with E-state index in [0.717, 1.165) is 18.4 Å². The number of ether oxygens (including phenoxy) is 2. The summed E-state index contributed by atoms with van der Waals surface area (Å²) in [4.78, 5) is 61.3. The van der Waals surface area contributed by atoms with Crippen LogP contribution < -0.4 is 9.46 Å². The number of cyclic esters (lactones) is 1. The minimum atomic E-state index is -3.85. The highest BCUT2D eigenvalue weighted by atomic mass is 32.2. The van der Waals surface area contributed by atoms with Gasteiger partial charge in [-0.15, -0.1) is 6.58 Å². The number of benzene rings is 1. The van der Waals surface area contributed by atoms with Crippen molar-refractivity contribution in [3.63, 3.8) is 0 Å². The molecule has 1 aromatic carbocycles. The molecule has 0 radical (unpaired) electrons. The first-order valence-corrected chi connectivity index (χ1v) is 19.1. The molecule has 0 unspecified atom stereocenters. The fraction of sp³-hybridized carbons (Fsp3) is 0.595. The average Bonchev–Trinajstić information content (AvgIpc) is 3.97. The third-order valence-corrected chi connectivity index (χ3v) is 12.5. The Hall–Kier alpha value is -4.00. The van der Waals surface area contributed by atoms with Gasteiger partial charge >= 0.3 is 5.97 Å². The van der Waals surface area contributed by atoms with E-state index in [1.165, 1.54) is 11.1 Å². The number of rotatable bonds is 7. The Morgan fingerprint density at radius 2 is 1.92 bits per heavy atom. The Morgan fingerprint density at radius 3 is 2.60 bits per heavy atom. The maximum atomic E-state index is 14.5. The Kier molecular flexibility index (Phi) is 9.75. The Balaban J connectivity index is 1.34. The van der Waals surface area contributed by atoms with Crippen LogP contribution in [0.2, 0.25) is 0 Å². The van der Waals surface area contributed by atoms with Gasteiger partial charge in [-0.05, 0) is 80.0 Å². The summed E-state index contributed by atoms with van der Waals surface area (Å²) in [6.07, 6.45) is 6.20. The van der Waals surface area contributed by atoms with Gasteiger partial charge in [0.1, 0.15) is 11.9 Å². The average molecular weight is 710 g/mol. The fourth-order valence-corrected chi connectivity index (χ4v) is 8.80. The van der Waals surface area contributed by atoms with Crippen molar-refractivity contribution in [2.24, 2.45) is 22.7 Å². The lowest BCUT2D eigenvalue weighted by atomic mass is 9.77. The van der Waals surface area contributed by atoms with E-state index in [1.54, 1.807) is 18.2 Å². The van der Waals surface area contributed by atoms with Gasteiger partial charge in [0.25, 0.3) is 0 Å². The highest BCUT2D eigenvalue weighted by molar-refractivity contribution is 7.90. The molecule has 5 atom stereocenters. The number of carbonyl (C=O) groups is 4. The monoisotopic (exact) mass is 709 g/mol. The molecule has 6 rings (SSSR count). The standard InChI is InChI=1S/C37H47N3O9S/c1-5-23-19-37(23,35(45)39-50(46,47)25-10-11-25)20-31(42)29-17-24-21-40(29)34(44)28(36(2,3)4)18-32(43)48-14-8-6-7-9-22-15-27-26(30(41)16-22)12-13-38-33(27)49-24/h5,12-13,15-16,23-25,28-29,41H,1,6-11,14,17-21H2,2-4H3,(H,39,45)/t23-,24+,28+,29-,37+/m0/s1. The van der Waals surface area contributed by atoms with Crippen molar-refractivity contribution in [2.45, 2.75) is 102 Å². The molecule has 2 amide bonds. The third-order valence-electron chi connectivity index (χ3n) is 10.7. The zero-order valence-electron chi connectivity index (χ0n) is 29.0. The third kappa shape index (κ3) is 7.38. The number of phenolic OH excluding ortho intramolecular Hbond substituents is 1. The number of aryl methyl sites for hydroxylation is 1. The van der Waals surface area contributed by atoms with Crippen molar-refractivity contribution in [3.05, 3.63) is 42.6 Å². The fourth-order valence-electron chi connectivity index (χ4n) is 7.42. The molecule has 2 aromatic rings. The number of nitrogens with zero attached hydrogens (tertiary/aromatic N) is 2. The number of nitrogens with one attached hydrogen (secondary N) is 1. The van der Waals surface area contributed by atoms with E-state index in [2.05, 4.69) is 16.3 Å². The number of hydrogen-bond acceptors (Lipinski definition) is 10. The second-order valence-electron chi connectivity index (χ2n) is 15.5. The number of esters is 1. The predicted molar refractivity (Wildman–Crippen MR) is 184 cm³/mol. The van der Waals surface area contributed by atoms with Gasteiger partial charge in [0, 0.05) is 29.8 Å². The summed E-state index contributed by atoms with van der Waals surface area (Å²) in [7, 11) is -3.85. The van der Waals surface area contributed by atoms with E-state index in [0.29, 0.717) is 36.5 Å². The van der Waals surface area contributed by atoms with E-state index in [-0.39, 0.29) is 50.5 Å². The Morgan fingerprint density at radius 1 is 1.16 bits per heavy atom. The number of amides is 2. The van der Waals surface area contributed by atoms with Gasteiger partial charge in [-0.1, -0.05) is 26.8 Å². The molecule has 4 aliphatic rings. The molecule has 2 saturated carbocycles. The number of carbonyl (C=O) groups excluding carboxylic acids is 4. The summed E-state index contributed by atoms with van der Waals surface area (Å²) in [6, 6.07) is 4.34. The lowest BCUT2D eigenvalue weighted by Gasteiger charge is -2.34. The topological polar surface area (TPSA) is 169 Å². The van der Waals surface area contributed by atoms with Gasteiger partial charge in [0.05, 0.1) is 42.2 Å². The molecule has 1 saturated heterocycles. The van der Waals surface area contributed by atoms with Gasteiger partial charge in [-0.3, -0.25) is 23.9 Å². The van der Waals surface area contributed by atoms with Gasteiger partial charge in [-0.25, -0.2) is 13.4 Å². The lowest BCUT2D eigenvalue weighted by molar-refractivity contribution is -0.153. The van der Waals surface area contributed by atoms with Crippen LogP contribution in [0.3, 0.4) is 0 Å². The van der Waals surface area contributed by atoms with Crippen molar-refractivity contribution >= 4 is 44.4 Å². The number of ketones is 1. The van der Waals surface area contributed by atoms with Crippen molar-refractivity contribution in [3.8, 4) is 11.6 Å². The van der Waals surface area contributed by atoms with Gasteiger partial charge in [-0.2, -0.15) is 0 Å². The first-order chi connectivity index (χ1) is 23.6. The quantitative estimate of drug-likeness (QED) is 0.311. The lowest BCUT2D eigenvalue weighted by Crippen LogP contribution is -2.48. The number of phenols is 1. The molecule has 270 valence electrons. The van der Waals surface area contributed by atoms with Crippen LogP contribution in [-0.2, 0) is 40.4 Å². The van der Waals surface area contributed by atoms with Crippen LogP contribution in [0.4, 0.5) is 0 Å². The second-order valence-corrected chi connectivity index (χ2v) is 17.4. The predicted octanol–water partition coefficient (Wildman–Crippen LogP) is 4.37. The zero-order chi connectivity index (χ0) is 36.0. The number of aromatic hydroxyl groups is 1. The van der Waals surface area contributed by atoms with Crippen molar-refractivity contribution in [1.82, 2.24) is 14.6 Å². The maximum absolute atomic E-state index is 14.5. The minimum Gasteiger partial charge on any atom is -0.507 e. The molecule has 12 nitrogen and oxygen atoms in total. The second kappa shape index (κ2) is 13.6. The summed E-state index contributed by atoms with van der Waals surface area (Å²) < 4.78 is 39.6. The first kappa shape index (κ1) is 35.8. The molecule has 50 heavy (non-hydrogen) atoms. The van der Waals surface area contributed by atoms with E-state index in [9.17, 15) is 32.7 Å². The Labute approximate surface area is 293 Å². The molecule has 4 bridgehead atoms. The minimum absolute atomic E-state index is 0.0146. The van der Waals surface area contributed by atoms with Crippen LogP contribution in [0.25, 0.3) is 10.8 Å². The number of aromatic nitrogens is 1. The van der Waals surface area contributed by atoms with Crippen LogP contribution in [0.15, 0.2) is 37.1 Å². The van der Waals surface area contributed by atoms with Crippen LogP contribution in [-0.4, -0.2) is 77.5 Å². The van der Waals surface area contributed by atoms with Gasteiger partial charge in [0.2, 0.25) is 27.7 Å². The highest BCUT2D eigenvalue weighted by Crippen LogP contribution is 2.57. The normalized spacial score (nSPS) is 27.9. The largest absolute Gasteiger partial charge is 0.507 e. The smallest absolute Gasteiger partial charge is 0.306 e. The maximum Gasteiger partial charge on any atom is 0.306 e. The highest BCUT2D eigenvalue weighted by Gasteiger charge is 2.61. The summed E-state index contributed by atoms with van der Waals surface area (Å²) >= 11 is 0. The van der Waals surface area contributed by atoms with E-state index < -0.39 is 73.7 Å². The van der Waals surface area contributed by atoms with E-state index in [1.807, 2.05) is 26.8 Å². The zero-order valence-corrected chi connectivity index (χ0v) is 29.8. The van der Waals surface area contributed by atoms with Crippen LogP contribution in [0.1, 0.15) is 84.1 Å². The number of Topliss-reactive ketones (excluding diaryl/α,β-unsaturated/α-hetero) is 1. The number of allylic oxidation sites excluding steroid dienone is 1. The summed E-state index contributed by atoms with van der Waals surface area (Å²) in [5.74, 6) is -2.91. The molecule has 13 heteroatoms. The van der Waals surface area contributed by atoms with Crippen LogP contribution in [0.5, 0.6) is 11.6 Å². The molecule has 2 N–H and O–H groups in total. The van der Waals surface area contributed by atoms with Gasteiger partial charge < -0.3 is 19.5 Å². The molecule has 1 aromatic heterocycles. The SMILES string of the molecule is C=C[C@H]1C[C@]1(CC(=O)[C@@H]1C[C@@H]2CN1C(=O)[C@H](C(C)(C)C)CC(=O)OCCCCCc1cc(O)c3ccnc(c3c1)O2)C(=O)NS(=O)(=O)C1CC1. The summed E-state index contributed by atoms with van der Waals surface area (Å²) in [6.45, 7) is 9.61. The molecule has 3 heterocycles. The first-order valence-electron chi connectivity index (χ1n) is 17.6. The van der Waals surface area contributed by atoms with Crippen LogP contribution >= 0.6 is 0 Å². The summed E-state index contributed by atoms with van der Waals surface area (Å²) in [5.41, 5.74) is -1.07. The van der Waals surface area contributed by atoms with Crippen molar-refractivity contribution < 1.29 is 42.2 Å². The number of pyridine rings is 1. The number of fused-ring (bicyclic) bond motifs is 3. The molecular weight excluding hydrogens is 662 g/mol. The molecular formula is C37H47N3O9S. The van der Waals surface area contributed by atoms with Crippen molar-refractivity contribution in [2.75, 3.05) is 13.2 Å². The summed E-state index contributed by atoms with van der Waals surface area (Å²) in [5, 5.41) is 11.4.